The monoisotopic (exact) mass is 297 g/mol. The van der Waals surface area contributed by atoms with Crippen LogP contribution in [0.3, 0.4) is 0 Å². The smallest absolute Gasteiger partial charge is 0.315 e. The van der Waals surface area contributed by atoms with Crippen LogP contribution in [-0.4, -0.2) is 36.2 Å². The number of hydrogen-bond donors (Lipinski definition) is 1. The lowest BCUT2D eigenvalue weighted by Gasteiger charge is -2.06. The topological polar surface area (TPSA) is 85.1 Å². The van der Waals surface area contributed by atoms with Gasteiger partial charge in [-0.25, -0.2) is 12.8 Å². The van der Waals surface area contributed by atoms with E-state index < -0.39 is 15.7 Å². The second kappa shape index (κ2) is 4.86. The van der Waals surface area contributed by atoms with Gasteiger partial charge >= 0.3 is 6.01 Å². The Morgan fingerprint density at radius 3 is 2.80 bits per heavy atom. The van der Waals surface area contributed by atoms with Gasteiger partial charge in [0, 0.05) is 6.04 Å². The number of benzene rings is 1. The number of nitrogens with one attached hydrogen (secondary N) is 1. The molecule has 1 aromatic heterocycles. The molecule has 0 bridgehead atoms. The third kappa shape index (κ3) is 2.64. The van der Waals surface area contributed by atoms with E-state index in [1.165, 1.54) is 12.1 Å². The number of aromatic nitrogens is 2. The van der Waals surface area contributed by atoms with Gasteiger partial charge in [0.2, 0.25) is 0 Å². The van der Waals surface area contributed by atoms with Crippen LogP contribution in [0.2, 0.25) is 0 Å². The van der Waals surface area contributed by atoms with E-state index in [1.54, 1.807) is 12.1 Å². The van der Waals surface area contributed by atoms with Gasteiger partial charge in [0.1, 0.15) is 5.82 Å². The van der Waals surface area contributed by atoms with Crippen LogP contribution in [0.1, 0.15) is 6.42 Å². The minimum atomic E-state index is -2.98. The summed E-state index contributed by atoms with van der Waals surface area (Å²) in [7, 11) is -2.98. The van der Waals surface area contributed by atoms with Crippen molar-refractivity contribution in [3.8, 4) is 11.5 Å². The summed E-state index contributed by atoms with van der Waals surface area (Å²) in [4.78, 5) is 0. The fraction of sp³-hybridized carbons (Fsp3) is 0.333. The number of anilines is 1. The first-order valence-electron chi connectivity index (χ1n) is 6.09. The number of hydrogen-bond acceptors (Lipinski definition) is 6. The number of rotatable bonds is 3. The quantitative estimate of drug-likeness (QED) is 0.923. The Bertz CT molecular complexity index is 729. The van der Waals surface area contributed by atoms with Crippen molar-refractivity contribution in [2.24, 2.45) is 0 Å². The highest BCUT2D eigenvalue weighted by Gasteiger charge is 2.29. The molecule has 2 heterocycles. The average molecular weight is 297 g/mol. The zero-order chi connectivity index (χ0) is 14.2. The Morgan fingerprint density at radius 2 is 2.10 bits per heavy atom. The summed E-state index contributed by atoms with van der Waals surface area (Å²) in [6, 6.07) is 5.93. The molecule has 1 aliphatic rings. The second-order valence-corrected chi connectivity index (χ2v) is 6.87. The third-order valence-corrected chi connectivity index (χ3v) is 4.86. The number of halogens is 1. The highest BCUT2D eigenvalue weighted by Crippen LogP contribution is 2.24. The van der Waals surface area contributed by atoms with Crippen molar-refractivity contribution >= 4 is 15.9 Å². The summed E-state index contributed by atoms with van der Waals surface area (Å²) in [5.41, 5.74) is 0.215. The maximum Gasteiger partial charge on any atom is 0.315 e. The lowest BCUT2D eigenvalue weighted by Crippen LogP contribution is -2.20. The van der Waals surface area contributed by atoms with Gasteiger partial charge in [-0.1, -0.05) is 17.2 Å². The van der Waals surface area contributed by atoms with Crippen LogP contribution in [0.5, 0.6) is 0 Å². The maximum atomic E-state index is 13.6. The number of nitrogens with zero attached hydrogens (tertiary/aromatic N) is 2. The first-order valence-corrected chi connectivity index (χ1v) is 7.91. The van der Waals surface area contributed by atoms with Gasteiger partial charge < -0.3 is 9.73 Å². The summed E-state index contributed by atoms with van der Waals surface area (Å²) in [6.45, 7) is 0. The molecule has 0 spiro atoms. The fourth-order valence-electron chi connectivity index (χ4n) is 2.11. The molecule has 106 valence electrons. The first kappa shape index (κ1) is 13.0. The van der Waals surface area contributed by atoms with Gasteiger partial charge in [-0.3, -0.25) is 0 Å². The largest absolute Gasteiger partial charge is 0.403 e. The summed E-state index contributed by atoms with van der Waals surface area (Å²) < 4.78 is 41.6. The van der Waals surface area contributed by atoms with E-state index in [-0.39, 0.29) is 35.0 Å². The average Bonchev–Trinajstić information content (AvgIpc) is 2.97. The van der Waals surface area contributed by atoms with Crippen molar-refractivity contribution in [2.45, 2.75) is 12.5 Å². The Morgan fingerprint density at radius 1 is 1.30 bits per heavy atom. The van der Waals surface area contributed by atoms with E-state index in [4.69, 9.17) is 4.42 Å². The minimum Gasteiger partial charge on any atom is -0.403 e. The second-order valence-electron chi connectivity index (χ2n) is 4.64. The molecule has 20 heavy (non-hydrogen) atoms. The van der Waals surface area contributed by atoms with E-state index in [1.807, 2.05) is 0 Å². The van der Waals surface area contributed by atoms with Gasteiger partial charge in [0.05, 0.1) is 17.1 Å². The van der Waals surface area contributed by atoms with Gasteiger partial charge in [-0.05, 0) is 18.6 Å². The lowest BCUT2D eigenvalue weighted by atomic mass is 10.2. The Labute approximate surface area is 114 Å². The molecule has 0 saturated carbocycles. The molecule has 1 aromatic carbocycles. The molecule has 0 radical (unpaired) electrons. The third-order valence-electron chi connectivity index (χ3n) is 3.09. The summed E-state index contributed by atoms with van der Waals surface area (Å²) in [5.74, 6) is -0.193. The van der Waals surface area contributed by atoms with Gasteiger partial charge in [0.15, 0.2) is 9.84 Å². The van der Waals surface area contributed by atoms with Crippen molar-refractivity contribution in [1.82, 2.24) is 10.2 Å². The summed E-state index contributed by atoms with van der Waals surface area (Å²) in [5, 5.41) is 10.4. The molecule has 1 fully saturated rings. The minimum absolute atomic E-state index is 0.0460. The molecule has 1 atom stereocenters. The van der Waals surface area contributed by atoms with Gasteiger partial charge in [0.25, 0.3) is 5.89 Å². The molecule has 0 aliphatic carbocycles. The van der Waals surface area contributed by atoms with Crippen molar-refractivity contribution in [3.05, 3.63) is 30.1 Å². The highest BCUT2D eigenvalue weighted by molar-refractivity contribution is 7.91. The molecule has 3 rings (SSSR count). The molecule has 0 amide bonds. The van der Waals surface area contributed by atoms with E-state index in [0.29, 0.717) is 6.42 Å². The normalized spacial score (nSPS) is 20.9. The molecule has 6 nitrogen and oxygen atoms in total. The molecule has 1 N–H and O–H groups in total. The summed E-state index contributed by atoms with van der Waals surface area (Å²) in [6.07, 6.45) is 0.500. The van der Waals surface area contributed by atoms with Crippen LogP contribution in [0, 0.1) is 5.82 Å². The van der Waals surface area contributed by atoms with Crippen LogP contribution in [0.15, 0.2) is 28.7 Å². The van der Waals surface area contributed by atoms with Gasteiger partial charge in [-0.15, -0.1) is 5.10 Å². The molecular formula is C12H12FN3O3S. The number of sulfone groups is 1. The van der Waals surface area contributed by atoms with E-state index >= 15 is 0 Å². The molecule has 1 saturated heterocycles. The van der Waals surface area contributed by atoms with Crippen LogP contribution in [-0.2, 0) is 9.84 Å². The highest BCUT2D eigenvalue weighted by atomic mass is 32.2. The predicted octanol–water partition coefficient (Wildman–Crippen LogP) is 1.47. The van der Waals surface area contributed by atoms with E-state index in [2.05, 4.69) is 15.5 Å². The summed E-state index contributed by atoms with van der Waals surface area (Å²) >= 11 is 0. The van der Waals surface area contributed by atoms with Crippen LogP contribution in [0.4, 0.5) is 10.4 Å². The zero-order valence-electron chi connectivity index (χ0n) is 10.4. The Balaban J connectivity index is 1.76. The van der Waals surface area contributed by atoms with Crippen molar-refractivity contribution in [1.29, 1.82) is 0 Å². The Hall–Kier alpha value is -1.96. The first-order chi connectivity index (χ1) is 9.53. The lowest BCUT2D eigenvalue weighted by molar-refractivity contribution is 0.561. The van der Waals surface area contributed by atoms with Crippen molar-refractivity contribution < 1.29 is 17.2 Å². The van der Waals surface area contributed by atoms with E-state index in [0.717, 1.165) is 0 Å². The van der Waals surface area contributed by atoms with Crippen LogP contribution >= 0.6 is 0 Å². The molecule has 1 unspecified atom stereocenters. The standard InChI is InChI=1S/C12H12FN3O3S/c13-10-4-2-1-3-9(10)11-15-16-12(19-11)14-8-5-6-20(17,18)7-8/h1-4,8H,5-7H2,(H,14,16). The van der Waals surface area contributed by atoms with E-state index in [9.17, 15) is 12.8 Å². The fourth-order valence-corrected chi connectivity index (χ4v) is 3.78. The van der Waals surface area contributed by atoms with Crippen LogP contribution < -0.4 is 5.32 Å². The van der Waals surface area contributed by atoms with Crippen LogP contribution in [0.25, 0.3) is 11.5 Å². The van der Waals surface area contributed by atoms with Crippen molar-refractivity contribution in [3.63, 3.8) is 0 Å². The van der Waals surface area contributed by atoms with Crippen molar-refractivity contribution in [2.75, 3.05) is 16.8 Å². The predicted molar refractivity (Wildman–Crippen MR) is 70.4 cm³/mol. The molecule has 8 heteroatoms. The molecular weight excluding hydrogens is 285 g/mol. The SMILES string of the molecule is O=S1(=O)CCC(Nc2nnc(-c3ccccc3F)o2)C1. The maximum absolute atomic E-state index is 13.6. The molecule has 2 aromatic rings. The van der Waals surface area contributed by atoms with Gasteiger partial charge in [-0.2, -0.15) is 0 Å². The molecule has 1 aliphatic heterocycles. The zero-order valence-corrected chi connectivity index (χ0v) is 11.2. The Kier molecular flexibility index (Phi) is 3.17.